The first-order chi connectivity index (χ1) is 12.8. The Morgan fingerprint density at radius 3 is 2.33 bits per heavy atom. The summed E-state index contributed by atoms with van der Waals surface area (Å²) in [5.41, 5.74) is 5.51. The zero-order valence-electron chi connectivity index (χ0n) is 14.8. The second kappa shape index (κ2) is 9.97. The first kappa shape index (κ1) is 21.7. The molecule has 2 N–H and O–H groups in total. The molecule has 8 heteroatoms. The first-order valence-corrected chi connectivity index (χ1v) is 8.32. The van der Waals surface area contributed by atoms with Crippen molar-refractivity contribution in [1.29, 1.82) is 15.8 Å². The molecule has 0 aromatic heterocycles. The van der Waals surface area contributed by atoms with E-state index in [9.17, 15) is 14.9 Å². The van der Waals surface area contributed by atoms with Gasteiger partial charge in [-0.3, -0.25) is 9.59 Å². The van der Waals surface area contributed by atoms with Crippen LogP contribution in [0.4, 0.5) is 0 Å². The van der Waals surface area contributed by atoms with Gasteiger partial charge in [-0.25, -0.2) is 0 Å². The maximum atomic E-state index is 12.5. The van der Waals surface area contributed by atoms with E-state index < -0.39 is 35.1 Å². The van der Waals surface area contributed by atoms with Crippen molar-refractivity contribution in [3.05, 3.63) is 46.1 Å². The number of hydrogen-bond donors (Lipinski definition) is 1. The van der Waals surface area contributed by atoms with E-state index in [2.05, 4.69) is 0 Å². The predicted octanol–water partition coefficient (Wildman–Crippen LogP) is 2.59. The largest absolute Gasteiger partial charge is 0.465 e. The molecule has 3 atom stereocenters. The molecule has 1 rings (SSSR count). The molecule has 0 aliphatic rings. The number of Topliss-reactive ketones (excluding diaryl/α,β-unsaturated/α-hetero) is 1. The fourth-order valence-corrected chi connectivity index (χ4v) is 2.94. The number of carbonyl (C=O) groups is 2. The van der Waals surface area contributed by atoms with E-state index in [1.165, 1.54) is 13.0 Å². The second-order valence-corrected chi connectivity index (χ2v) is 6.02. The number of esters is 1. The average molecular weight is 385 g/mol. The van der Waals surface area contributed by atoms with Crippen LogP contribution in [-0.2, 0) is 14.3 Å². The van der Waals surface area contributed by atoms with Gasteiger partial charge in [0, 0.05) is 10.9 Å². The SMILES string of the molecule is CCOC(=O)C(C(C)=O)C(c1cccc(Cl)c1)C(C#N)C(N)=C(C#N)C#N. The Morgan fingerprint density at radius 2 is 1.89 bits per heavy atom. The summed E-state index contributed by atoms with van der Waals surface area (Å²) in [6.45, 7) is 2.82. The number of hydrogen-bond acceptors (Lipinski definition) is 7. The van der Waals surface area contributed by atoms with E-state index in [1.54, 1.807) is 37.3 Å². The highest BCUT2D eigenvalue weighted by Crippen LogP contribution is 2.38. The number of carbonyl (C=O) groups excluding carboxylic acids is 2. The molecule has 0 fully saturated rings. The molecule has 0 bridgehead atoms. The minimum Gasteiger partial charge on any atom is -0.465 e. The Kier molecular flexibility index (Phi) is 8.01. The lowest BCUT2D eigenvalue weighted by Crippen LogP contribution is -2.36. The smallest absolute Gasteiger partial charge is 0.317 e. The molecule has 3 unspecified atom stereocenters. The van der Waals surface area contributed by atoms with Gasteiger partial charge in [0.2, 0.25) is 0 Å². The van der Waals surface area contributed by atoms with Crippen LogP contribution in [0.25, 0.3) is 0 Å². The molecule has 0 aliphatic carbocycles. The lowest BCUT2D eigenvalue weighted by molar-refractivity contribution is -0.152. The Bertz CT molecular complexity index is 873. The van der Waals surface area contributed by atoms with Gasteiger partial charge in [0.15, 0.2) is 0 Å². The van der Waals surface area contributed by atoms with Gasteiger partial charge in [-0.1, -0.05) is 23.7 Å². The van der Waals surface area contributed by atoms with E-state index >= 15 is 0 Å². The maximum absolute atomic E-state index is 12.5. The Morgan fingerprint density at radius 1 is 1.26 bits per heavy atom. The summed E-state index contributed by atoms with van der Waals surface area (Å²) in [6.07, 6.45) is 0. The van der Waals surface area contributed by atoms with Crippen molar-refractivity contribution in [2.45, 2.75) is 19.8 Å². The van der Waals surface area contributed by atoms with Crippen LogP contribution in [0, 0.1) is 45.8 Å². The minimum atomic E-state index is -1.36. The van der Waals surface area contributed by atoms with Crippen LogP contribution < -0.4 is 5.73 Å². The van der Waals surface area contributed by atoms with Crippen molar-refractivity contribution < 1.29 is 14.3 Å². The normalized spacial score (nSPS) is 13.0. The second-order valence-electron chi connectivity index (χ2n) is 5.58. The number of nitrogens with zero attached hydrogens (tertiary/aromatic N) is 3. The molecule has 0 amide bonds. The number of rotatable bonds is 7. The van der Waals surface area contributed by atoms with Gasteiger partial charge in [-0.05, 0) is 31.5 Å². The highest BCUT2D eigenvalue weighted by Gasteiger charge is 2.41. The number of allylic oxidation sites excluding steroid dienone is 2. The molecule has 1 aromatic carbocycles. The van der Waals surface area contributed by atoms with Crippen molar-refractivity contribution in [2.24, 2.45) is 17.6 Å². The maximum Gasteiger partial charge on any atom is 0.317 e. The van der Waals surface area contributed by atoms with Crippen LogP contribution in [0.15, 0.2) is 35.5 Å². The lowest BCUT2D eigenvalue weighted by atomic mass is 9.74. The quantitative estimate of drug-likeness (QED) is 0.432. The standard InChI is InChI=1S/C19H17ClN4O3/c1-3-27-19(26)16(11(2)25)17(12-5-4-6-14(20)7-12)15(10-23)18(24)13(8-21)9-22/h4-7,15-17H,3,24H2,1-2H3. The molecule has 0 aliphatic heterocycles. The minimum absolute atomic E-state index is 0.0368. The monoisotopic (exact) mass is 384 g/mol. The summed E-state index contributed by atoms with van der Waals surface area (Å²) in [4.78, 5) is 24.7. The zero-order chi connectivity index (χ0) is 20.6. The van der Waals surface area contributed by atoms with E-state index in [0.29, 0.717) is 10.6 Å². The van der Waals surface area contributed by atoms with Gasteiger partial charge >= 0.3 is 5.97 Å². The number of nitrogens with two attached hydrogens (primary N) is 1. The molecular weight excluding hydrogens is 368 g/mol. The molecule has 0 heterocycles. The Hall–Kier alpha value is -3.34. The molecule has 0 saturated carbocycles. The molecule has 0 saturated heterocycles. The summed E-state index contributed by atoms with van der Waals surface area (Å²) in [7, 11) is 0. The molecule has 0 radical (unpaired) electrons. The zero-order valence-corrected chi connectivity index (χ0v) is 15.5. The van der Waals surface area contributed by atoms with Crippen LogP contribution in [0.3, 0.4) is 0 Å². The van der Waals surface area contributed by atoms with Crippen molar-refractivity contribution in [2.75, 3.05) is 6.61 Å². The number of nitriles is 3. The van der Waals surface area contributed by atoms with Gasteiger partial charge in [0.25, 0.3) is 0 Å². The van der Waals surface area contributed by atoms with E-state index in [0.717, 1.165) is 0 Å². The molecule has 138 valence electrons. The average Bonchev–Trinajstić information content (AvgIpc) is 2.62. The molecule has 7 nitrogen and oxygen atoms in total. The molecular formula is C19H17ClN4O3. The van der Waals surface area contributed by atoms with Crippen LogP contribution in [0.1, 0.15) is 25.3 Å². The van der Waals surface area contributed by atoms with Gasteiger partial charge < -0.3 is 10.5 Å². The summed E-state index contributed by atoms with van der Waals surface area (Å²) in [6, 6.07) is 11.4. The van der Waals surface area contributed by atoms with Gasteiger partial charge in [0.05, 0.1) is 24.3 Å². The Balaban J connectivity index is 3.73. The fraction of sp³-hybridized carbons (Fsp3) is 0.316. The number of halogens is 1. The highest BCUT2D eigenvalue weighted by molar-refractivity contribution is 6.30. The van der Waals surface area contributed by atoms with Crippen molar-refractivity contribution in [1.82, 2.24) is 0 Å². The van der Waals surface area contributed by atoms with Gasteiger partial charge in [-0.15, -0.1) is 0 Å². The summed E-state index contributed by atoms with van der Waals surface area (Å²) in [5.74, 6) is -5.09. The molecule has 27 heavy (non-hydrogen) atoms. The first-order valence-electron chi connectivity index (χ1n) is 7.94. The molecule has 0 spiro atoms. The number of benzene rings is 1. The van der Waals surface area contributed by atoms with Gasteiger partial charge in [-0.2, -0.15) is 15.8 Å². The number of ether oxygens (including phenoxy) is 1. The third-order valence-electron chi connectivity index (χ3n) is 3.92. The van der Waals surface area contributed by atoms with Crippen LogP contribution in [0.5, 0.6) is 0 Å². The topological polar surface area (TPSA) is 141 Å². The number of ketones is 1. The summed E-state index contributed by atoms with van der Waals surface area (Å²) >= 11 is 6.03. The Labute approximate surface area is 162 Å². The van der Waals surface area contributed by atoms with E-state index in [-0.39, 0.29) is 12.3 Å². The highest BCUT2D eigenvalue weighted by atomic mass is 35.5. The predicted molar refractivity (Wildman–Crippen MR) is 96.5 cm³/mol. The van der Waals surface area contributed by atoms with Crippen LogP contribution in [0.2, 0.25) is 5.02 Å². The van der Waals surface area contributed by atoms with Crippen molar-refractivity contribution in [3.63, 3.8) is 0 Å². The molecule has 1 aromatic rings. The van der Waals surface area contributed by atoms with Gasteiger partial charge in [0.1, 0.15) is 29.4 Å². The van der Waals surface area contributed by atoms with Crippen molar-refractivity contribution in [3.8, 4) is 18.2 Å². The third-order valence-corrected chi connectivity index (χ3v) is 4.15. The fourth-order valence-electron chi connectivity index (χ4n) is 2.74. The van der Waals surface area contributed by atoms with Crippen molar-refractivity contribution >= 4 is 23.4 Å². The summed E-state index contributed by atoms with van der Waals surface area (Å²) < 4.78 is 5.00. The van der Waals surface area contributed by atoms with E-state index in [1.807, 2.05) is 6.07 Å². The summed E-state index contributed by atoms with van der Waals surface area (Å²) in [5, 5.41) is 28.2. The lowest BCUT2D eigenvalue weighted by Gasteiger charge is -2.28. The van der Waals surface area contributed by atoms with Crippen LogP contribution in [-0.4, -0.2) is 18.4 Å². The van der Waals surface area contributed by atoms with E-state index in [4.69, 9.17) is 32.6 Å². The van der Waals surface area contributed by atoms with Crippen LogP contribution >= 0.6 is 11.6 Å². The third kappa shape index (κ3) is 5.07.